The molecule has 2 aliphatic rings. The Kier molecular flexibility index (Phi) is 7.65. The van der Waals surface area contributed by atoms with Crippen molar-refractivity contribution >= 4 is 43.8 Å². The summed E-state index contributed by atoms with van der Waals surface area (Å²) < 4.78 is 3.61. The Labute approximate surface area is 220 Å². The van der Waals surface area contributed by atoms with Gasteiger partial charge in [0.1, 0.15) is 0 Å². The van der Waals surface area contributed by atoms with Crippen LogP contribution in [0.4, 0.5) is 0 Å². The van der Waals surface area contributed by atoms with Gasteiger partial charge in [-0.1, -0.05) is 0 Å². The molecule has 0 radical (unpaired) electrons. The van der Waals surface area contributed by atoms with E-state index in [1.54, 1.807) is 12.1 Å². The number of benzene rings is 4. The van der Waals surface area contributed by atoms with E-state index < -0.39 is 18.9 Å². The minimum atomic E-state index is -3.20. The fourth-order valence-electron chi connectivity index (χ4n) is 5.67. The fraction of sp³-hybridized carbons (Fsp3) is 0.0667. The van der Waals surface area contributed by atoms with E-state index in [-0.39, 0.29) is 24.8 Å². The maximum absolute atomic E-state index is 3.20. The molecule has 0 heterocycles. The van der Waals surface area contributed by atoms with Gasteiger partial charge in [-0.25, -0.2) is 0 Å². The molecule has 1 unspecified atom stereocenters. The van der Waals surface area contributed by atoms with Crippen LogP contribution in [0.2, 0.25) is 0 Å². The van der Waals surface area contributed by atoms with Gasteiger partial charge in [-0.05, 0) is 0 Å². The van der Waals surface area contributed by atoms with Crippen LogP contribution in [-0.2, 0) is 18.9 Å². The Balaban J connectivity index is 0.00000137. The van der Waals surface area contributed by atoms with Crippen molar-refractivity contribution in [3.05, 3.63) is 138 Å². The van der Waals surface area contributed by atoms with Crippen LogP contribution >= 0.6 is 24.8 Å². The van der Waals surface area contributed by atoms with Crippen LogP contribution < -0.4 is 6.54 Å². The van der Waals surface area contributed by atoms with Crippen molar-refractivity contribution in [2.45, 2.75) is 10.0 Å². The van der Waals surface area contributed by atoms with Crippen LogP contribution in [0.15, 0.2) is 121 Å². The van der Waals surface area contributed by atoms with Gasteiger partial charge in [0.15, 0.2) is 0 Å². The normalized spacial score (nSPS) is 15.5. The molecule has 0 N–H and O–H groups in total. The van der Waals surface area contributed by atoms with Crippen LogP contribution in [0.3, 0.4) is 0 Å². The molecular formula is C30H27Cl2SiZr. The molecule has 0 fully saturated rings. The fourth-order valence-corrected chi connectivity index (χ4v) is 21.2. The summed E-state index contributed by atoms with van der Waals surface area (Å²) in [6, 6.07) is 39.0. The molecule has 34 heavy (non-hydrogen) atoms. The van der Waals surface area contributed by atoms with E-state index >= 15 is 0 Å². The van der Waals surface area contributed by atoms with Gasteiger partial charge in [-0.3, -0.25) is 0 Å². The van der Waals surface area contributed by atoms with Gasteiger partial charge in [0.2, 0.25) is 0 Å². The van der Waals surface area contributed by atoms with Crippen molar-refractivity contribution in [1.29, 1.82) is 0 Å². The molecule has 0 spiro atoms. The summed E-state index contributed by atoms with van der Waals surface area (Å²) in [6.07, 6.45) is 7.84. The number of rotatable bonds is 4. The quantitative estimate of drug-likeness (QED) is 0.250. The predicted octanol–water partition coefficient (Wildman–Crippen LogP) is 6.30. The molecule has 4 aromatic carbocycles. The van der Waals surface area contributed by atoms with Crippen molar-refractivity contribution in [1.82, 2.24) is 0 Å². The molecule has 0 aliphatic heterocycles. The van der Waals surface area contributed by atoms with Crippen molar-refractivity contribution in [3.63, 3.8) is 0 Å². The van der Waals surface area contributed by atoms with Crippen molar-refractivity contribution < 1.29 is 18.9 Å². The van der Waals surface area contributed by atoms with Crippen molar-refractivity contribution in [2.75, 3.05) is 0 Å². The van der Waals surface area contributed by atoms with Crippen molar-refractivity contribution in [2.24, 2.45) is 0 Å². The average Bonchev–Trinajstić information content (AvgIpc) is 3.51. The average molecular weight is 578 g/mol. The van der Waals surface area contributed by atoms with E-state index in [1.165, 1.54) is 27.8 Å². The molecule has 4 aromatic rings. The number of fused-ring (bicyclic) bond motifs is 3. The first-order valence-corrected chi connectivity index (χ1v) is 21.1. The second-order valence-electron chi connectivity index (χ2n) is 8.81. The third-order valence-electron chi connectivity index (χ3n) is 7.14. The topological polar surface area (TPSA) is 0 Å². The Morgan fingerprint density at radius 3 is 1.79 bits per heavy atom. The minimum absolute atomic E-state index is 0. The van der Waals surface area contributed by atoms with Crippen LogP contribution in [-0.4, -0.2) is 6.88 Å². The monoisotopic (exact) mass is 575 g/mol. The zero-order valence-electron chi connectivity index (χ0n) is 18.9. The summed E-state index contributed by atoms with van der Waals surface area (Å²) in [5, 5.41) is 0. The van der Waals surface area contributed by atoms with E-state index in [0.29, 0.717) is 3.63 Å². The van der Waals surface area contributed by atoms with Crippen LogP contribution in [0.1, 0.15) is 26.7 Å². The van der Waals surface area contributed by atoms with E-state index in [4.69, 9.17) is 0 Å². The summed E-state index contributed by atoms with van der Waals surface area (Å²) in [6.45, 7) is 2.36. The Bertz CT molecular complexity index is 1380. The zero-order chi connectivity index (χ0) is 21.5. The molecule has 169 valence electrons. The van der Waals surface area contributed by atoms with Gasteiger partial charge in [-0.15, -0.1) is 24.8 Å². The Morgan fingerprint density at radius 1 is 0.618 bits per heavy atom. The summed E-state index contributed by atoms with van der Waals surface area (Å²) in [4.78, 5) is 0. The maximum atomic E-state index is 2.40. The summed E-state index contributed by atoms with van der Waals surface area (Å²) in [5.41, 5.74) is 8.88. The van der Waals surface area contributed by atoms with Gasteiger partial charge in [0, 0.05) is 0 Å². The molecular weight excluding hydrogens is 551 g/mol. The molecule has 0 bridgehead atoms. The van der Waals surface area contributed by atoms with Crippen LogP contribution in [0.25, 0.3) is 16.7 Å². The van der Waals surface area contributed by atoms with Gasteiger partial charge in [0.25, 0.3) is 0 Å². The van der Waals surface area contributed by atoms with Crippen molar-refractivity contribution in [3.8, 4) is 11.1 Å². The zero-order valence-corrected chi connectivity index (χ0v) is 24.4. The SMILES string of the molecule is Cl.Cl.[SiH2]=[Zr]([c]1ccccc1)([c]1ccccc1)[CH]1c2ccccc2-c2cccc(C3=CC=CC3)c21. The molecule has 0 saturated carbocycles. The first-order valence-electron chi connectivity index (χ1n) is 11.3. The standard InChI is InChI=1S/C18H13.2C6H5.2ClH.H2Si.Zr/c1-2-7-13(6-1)15-10-5-11-17-16-9-4-3-8-14(16)12-18(15)17;2*1-2-4-6-5-3-1;;;;/h1-6,8-12H,7H2;2*1-5H;2*1H;1H2;. The molecule has 0 saturated heterocycles. The molecule has 4 heteroatoms. The van der Waals surface area contributed by atoms with Gasteiger partial charge in [-0.2, -0.15) is 0 Å². The first kappa shape index (κ1) is 25.1. The Hall–Kier alpha value is -1.96. The third-order valence-corrected chi connectivity index (χ3v) is 25.0. The summed E-state index contributed by atoms with van der Waals surface area (Å²) >= 11 is -3.20. The summed E-state index contributed by atoms with van der Waals surface area (Å²) in [5.74, 6) is 0. The van der Waals surface area contributed by atoms with E-state index in [2.05, 4.69) is 128 Å². The number of hydrogen-bond acceptors (Lipinski definition) is 0. The van der Waals surface area contributed by atoms with Gasteiger partial charge in [0.05, 0.1) is 0 Å². The van der Waals surface area contributed by atoms with Crippen LogP contribution in [0, 0.1) is 0 Å². The second-order valence-corrected chi connectivity index (χ2v) is 24.4. The first-order chi connectivity index (χ1) is 15.8. The molecule has 0 aromatic heterocycles. The number of hydrogen-bond donors (Lipinski definition) is 0. The molecule has 1 atom stereocenters. The molecule has 0 nitrogen and oxygen atoms in total. The predicted molar refractivity (Wildman–Crippen MR) is 151 cm³/mol. The molecule has 0 amide bonds. The molecule has 2 aliphatic carbocycles. The number of halogens is 2. The van der Waals surface area contributed by atoms with E-state index in [9.17, 15) is 0 Å². The van der Waals surface area contributed by atoms with E-state index in [1.807, 2.05) is 0 Å². The van der Waals surface area contributed by atoms with E-state index in [0.717, 1.165) is 6.42 Å². The van der Waals surface area contributed by atoms with Gasteiger partial charge < -0.3 is 0 Å². The second kappa shape index (κ2) is 10.3. The molecule has 6 rings (SSSR count). The Morgan fingerprint density at radius 2 is 1.18 bits per heavy atom. The number of allylic oxidation sites excluding steroid dienone is 4. The van der Waals surface area contributed by atoms with Crippen LogP contribution in [0.5, 0.6) is 0 Å². The summed E-state index contributed by atoms with van der Waals surface area (Å²) in [7, 11) is 0. The third kappa shape index (κ3) is 3.95. The van der Waals surface area contributed by atoms with Gasteiger partial charge >= 0.3 is 197 Å².